The van der Waals surface area contributed by atoms with E-state index >= 15 is 0 Å². The molecule has 1 fully saturated rings. The van der Waals surface area contributed by atoms with Gasteiger partial charge in [-0.1, -0.05) is 0 Å². The van der Waals surface area contributed by atoms with Crippen molar-refractivity contribution in [3.8, 4) is 0 Å². The van der Waals surface area contributed by atoms with E-state index in [-0.39, 0.29) is 19.1 Å². The predicted octanol–water partition coefficient (Wildman–Crippen LogP) is 0.901. The van der Waals surface area contributed by atoms with Gasteiger partial charge in [0.1, 0.15) is 0 Å². The lowest BCUT2D eigenvalue weighted by Gasteiger charge is -2.27. The number of rotatable bonds is 5. The SMILES string of the molecule is FC(F)(F)OCCCOC1CNC1. The van der Waals surface area contributed by atoms with Gasteiger partial charge in [0.25, 0.3) is 0 Å². The van der Waals surface area contributed by atoms with Crippen LogP contribution in [0.5, 0.6) is 0 Å². The van der Waals surface area contributed by atoms with Gasteiger partial charge in [0.2, 0.25) is 0 Å². The van der Waals surface area contributed by atoms with E-state index in [4.69, 9.17) is 4.74 Å². The molecule has 1 aliphatic rings. The lowest BCUT2D eigenvalue weighted by Crippen LogP contribution is -2.48. The summed E-state index contributed by atoms with van der Waals surface area (Å²) in [5.41, 5.74) is 0. The van der Waals surface area contributed by atoms with Crippen LogP contribution in [0.4, 0.5) is 13.2 Å². The minimum Gasteiger partial charge on any atom is -0.375 e. The third-order valence-electron chi connectivity index (χ3n) is 1.65. The van der Waals surface area contributed by atoms with E-state index in [2.05, 4.69) is 10.1 Å². The highest BCUT2D eigenvalue weighted by atomic mass is 19.4. The van der Waals surface area contributed by atoms with Crippen molar-refractivity contribution in [2.75, 3.05) is 26.3 Å². The summed E-state index contributed by atoms with van der Waals surface area (Å²) in [7, 11) is 0. The first-order valence-corrected chi connectivity index (χ1v) is 4.11. The fourth-order valence-electron chi connectivity index (χ4n) is 0.877. The Hall–Kier alpha value is -0.330. The van der Waals surface area contributed by atoms with E-state index in [1.807, 2.05) is 0 Å². The third-order valence-corrected chi connectivity index (χ3v) is 1.65. The second kappa shape index (κ2) is 4.78. The van der Waals surface area contributed by atoms with Crippen LogP contribution in [0.1, 0.15) is 6.42 Å². The minimum absolute atomic E-state index is 0.172. The van der Waals surface area contributed by atoms with Crippen molar-refractivity contribution in [2.45, 2.75) is 18.9 Å². The van der Waals surface area contributed by atoms with Gasteiger partial charge in [-0.25, -0.2) is 0 Å². The van der Waals surface area contributed by atoms with Gasteiger partial charge in [0, 0.05) is 19.7 Å². The minimum atomic E-state index is -4.52. The molecule has 0 aromatic carbocycles. The lowest BCUT2D eigenvalue weighted by atomic mass is 10.2. The molecule has 1 saturated heterocycles. The Kier molecular flexibility index (Phi) is 3.95. The molecule has 1 rings (SSSR count). The van der Waals surface area contributed by atoms with E-state index in [9.17, 15) is 13.2 Å². The maximum atomic E-state index is 11.4. The summed E-state index contributed by atoms with van der Waals surface area (Å²) >= 11 is 0. The number of ether oxygens (including phenoxy) is 2. The van der Waals surface area contributed by atoms with Gasteiger partial charge < -0.3 is 10.1 Å². The van der Waals surface area contributed by atoms with Gasteiger partial charge in [-0.15, -0.1) is 13.2 Å². The molecule has 0 radical (unpaired) electrons. The highest BCUT2D eigenvalue weighted by molar-refractivity contribution is 4.74. The van der Waals surface area contributed by atoms with Gasteiger partial charge >= 0.3 is 6.36 Å². The molecule has 13 heavy (non-hydrogen) atoms. The molecule has 3 nitrogen and oxygen atoms in total. The van der Waals surface area contributed by atoms with Gasteiger partial charge in [0.15, 0.2) is 0 Å². The molecule has 78 valence electrons. The Morgan fingerprint density at radius 1 is 1.23 bits per heavy atom. The number of hydrogen-bond donors (Lipinski definition) is 1. The summed E-state index contributed by atoms with van der Waals surface area (Å²) in [6.07, 6.45) is -4.07. The fourth-order valence-corrected chi connectivity index (χ4v) is 0.877. The predicted molar refractivity (Wildman–Crippen MR) is 39.2 cm³/mol. The second-order valence-electron chi connectivity index (χ2n) is 2.80. The number of alkyl halides is 3. The molecule has 1 N–H and O–H groups in total. The molecule has 0 unspecified atom stereocenters. The largest absolute Gasteiger partial charge is 0.522 e. The van der Waals surface area contributed by atoms with E-state index < -0.39 is 6.36 Å². The van der Waals surface area contributed by atoms with Crippen LogP contribution in [-0.4, -0.2) is 38.8 Å². The molecule has 0 atom stereocenters. The topological polar surface area (TPSA) is 30.5 Å². The quantitative estimate of drug-likeness (QED) is 0.667. The van der Waals surface area contributed by atoms with E-state index in [0.29, 0.717) is 6.61 Å². The van der Waals surface area contributed by atoms with Crippen LogP contribution in [0.15, 0.2) is 0 Å². The Balaban J connectivity index is 1.83. The van der Waals surface area contributed by atoms with Crippen molar-refractivity contribution >= 4 is 0 Å². The average molecular weight is 199 g/mol. The molecule has 0 spiro atoms. The second-order valence-corrected chi connectivity index (χ2v) is 2.80. The molecule has 0 saturated carbocycles. The first-order valence-electron chi connectivity index (χ1n) is 4.11. The summed E-state index contributed by atoms with van der Waals surface area (Å²) in [6, 6.07) is 0. The van der Waals surface area contributed by atoms with Crippen molar-refractivity contribution in [1.82, 2.24) is 5.32 Å². The lowest BCUT2D eigenvalue weighted by molar-refractivity contribution is -0.325. The highest BCUT2D eigenvalue weighted by Crippen LogP contribution is 2.16. The van der Waals surface area contributed by atoms with Gasteiger partial charge in [-0.05, 0) is 6.42 Å². The first kappa shape index (κ1) is 10.7. The summed E-state index contributed by atoms with van der Waals surface area (Å²) < 4.78 is 43.1. The maximum Gasteiger partial charge on any atom is 0.522 e. The third kappa shape index (κ3) is 5.07. The molecule has 0 aromatic heterocycles. The zero-order chi connectivity index (χ0) is 9.73. The monoisotopic (exact) mass is 199 g/mol. The maximum absolute atomic E-state index is 11.4. The first-order chi connectivity index (χ1) is 6.08. The molecule has 0 bridgehead atoms. The van der Waals surface area contributed by atoms with Crippen LogP contribution in [0.2, 0.25) is 0 Å². The Morgan fingerprint density at radius 2 is 1.92 bits per heavy atom. The van der Waals surface area contributed by atoms with Gasteiger partial charge in [-0.3, -0.25) is 4.74 Å². The van der Waals surface area contributed by atoms with Crippen LogP contribution < -0.4 is 5.32 Å². The molecular weight excluding hydrogens is 187 g/mol. The Labute approximate surface area is 74.2 Å². The summed E-state index contributed by atoms with van der Waals surface area (Å²) in [5, 5.41) is 2.99. The van der Waals surface area contributed by atoms with Crippen molar-refractivity contribution in [3.63, 3.8) is 0 Å². The van der Waals surface area contributed by atoms with Crippen molar-refractivity contribution in [3.05, 3.63) is 0 Å². The van der Waals surface area contributed by atoms with Gasteiger partial charge in [0.05, 0.1) is 12.7 Å². The van der Waals surface area contributed by atoms with Crippen LogP contribution in [-0.2, 0) is 9.47 Å². The zero-order valence-corrected chi connectivity index (χ0v) is 7.06. The van der Waals surface area contributed by atoms with E-state index in [1.54, 1.807) is 0 Å². The molecule has 6 heteroatoms. The van der Waals surface area contributed by atoms with E-state index in [0.717, 1.165) is 13.1 Å². The highest BCUT2D eigenvalue weighted by Gasteiger charge is 2.28. The van der Waals surface area contributed by atoms with Gasteiger partial charge in [-0.2, -0.15) is 0 Å². The zero-order valence-electron chi connectivity index (χ0n) is 7.06. The summed E-state index contributed by atoms with van der Waals surface area (Å²) in [4.78, 5) is 0. The number of hydrogen-bond acceptors (Lipinski definition) is 3. The van der Waals surface area contributed by atoms with Crippen LogP contribution in [0.3, 0.4) is 0 Å². The molecule has 1 heterocycles. The molecular formula is C7H12F3NO2. The average Bonchev–Trinajstić information content (AvgIpc) is 1.90. The molecule has 0 aliphatic carbocycles. The van der Waals surface area contributed by atoms with Crippen LogP contribution in [0.25, 0.3) is 0 Å². The number of halogens is 3. The van der Waals surface area contributed by atoms with Crippen molar-refractivity contribution in [1.29, 1.82) is 0 Å². The van der Waals surface area contributed by atoms with E-state index in [1.165, 1.54) is 0 Å². The Morgan fingerprint density at radius 3 is 2.38 bits per heavy atom. The smallest absolute Gasteiger partial charge is 0.375 e. The molecule has 0 amide bonds. The standard InChI is InChI=1S/C7H12F3NO2/c8-7(9,10)13-3-1-2-12-6-4-11-5-6/h6,11H,1-5H2. The van der Waals surface area contributed by atoms with Crippen molar-refractivity contribution < 1.29 is 22.6 Å². The van der Waals surface area contributed by atoms with Crippen LogP contribution in [0, 0.1) is 0 Å². The summed E-state index contributed by atoms with van der Waals surface area (Å²) in [5.74, 6) is 0. The molecule has 1 aliphatic heterocycles. The molecule has 0 aromatic rings. The fraction of sp³-hybridized carbons (Fsp3) is 1.00. The van der Waals surface area contributed by atoms with Crippen LogP contribution >= 0.6 is 0 Å². The van der Waals surface area contributed by atoms with Crippen molar-refractivity contribution in [2.24, 2.45) is 0 Å². The Bertz CT molecular complexity index is 147. The summed E-state index contributed by atoms with van der Waals surface area (Å²) in [6.45, 7) is 1.58. The normalized spacial score (nSPS) is 18.7. The number of nitrogens with one attached hydrogen (secondary N) is 1.